The van der Waals surface area contributed by atoms with Crippen molar-refractivity contribution in [3.05, 3.63) is 0 Å². The Morgan fingerprint density at radius 2 is 1.58 bits per heavy atom. The highest BCUT2D eigenvalue weighted by Crippen LogP contribution is 2.33. The fourth-order valence-corrected chi connectivity index (χ4v) is 3.87. The third-order valence-corrected chi connectivity index (χ3v) is 5.08. The van der Waals surface area contributed by atoms with Crippen molar-refractivity contribution in [1.82, 2.24) is 10.2 Å². The Morgan fingerprint density at radius 1 is 1.00 bits per heavy atom. The standard InChI is InChI=1S/C15H28N2O2/c1-15(2)18-9-12(10-19-15)16-11-7-13-5-4-6-14(8-11)17(13)3/h11-14,16H,4-10H2,1-3H3. The van der Waals surface area contributed by atoms with Gasteiger partial charge < -0.3 is 19.7 Å². The molecule has 2 unspecified atom stereocenters. The average Bonchev–Trinajstić information content (AvgIpc) is 2.33. The number of hydrogen-bond donors (Lipinski definition) is 1. The molecule has 3 fully saturated rings. The minimum Gasteiger partial charge on any atom is -0.349 e. The maximum absolute atomic E-state index is 5.74. The molecule has 3 heterocycles. The average molecular weight is 268 g/mol. The molecule has 0 saturated carbocycles. The van der Waals surface area contributed by atoms with Crippen molar-refractivity contribution in [2.45, 2.75) is 75.9 Å². The quantitative estimate of drug-likeness (QED) is 0.827. The van der Waals surface area contributed by atoms with Gasteiger partial charge >= 0.3 is 0 Å². The summed E-state index contributed by atoms with van der Waals surface area (Å²) in [6.45, 7) is 5.52. The first-order chi connectivity index (χ1) is 9.03. The minimum absolute atomic E-state index is 0.363. The Hall–Kier alpha value is -0.160. The van der Waals surface area contributed by atoms with Crippen LogP contribution in [0.1, 0.15) is 46.0 Å². The van der Waals surface area contributed by atoms with Gasteiger partial charge in [0.05, 0.1) is 19.3 Å². The van der Waals surface area contributed by atoms with Crippen LogP contribution in [0.25, 0.3) is 0 Å². The molecule has 0 spiro atoms. The second-order valence-electron chi connectivity index (χ2n) is 6.96. The van der Waals surface area contributed by atoms with E-state index in [9.17, 15) is 0 Å². The lowest BCUT2D eigenvalue weighted by molar-refractivity contribution is -0.253. The molecule has 4 heteroatoms. The van der Waals surface area contributed by atoms with Gasteiger partial charge in [0.25, 0.3) is 0 Å². The van der Waals surface area contributed by atoms with Crippen molar-refractivity contribution in [3.63, 3.8) is 0 Å². The van der Waals surface area contributed by atoms with Gasteiger partial charge in [-0.15, -0.1) is 0 Å². The van der Waals surface area contributed by atoms with E-state index in [2.05, 4.69) is 17.3 Å². The molecule has 3 rings (SSSR count). The maximum atomic E-state index is 5.74. The summed E-state index contributed by atoms with van der Waals surface area (Å²) in [5, 5.41) is 3.77. The van der Waals surface area contributed by atoms with Crippen molar-refractivity contribution < 1.29 is 9.47 Å². The van der Waals surface area contributed by atoms with Crippen LogP contribution in [0, 0.1) is 0 Å². The molecule has 2 atom stereocenters. The van der Waals surface area contributed by atoms with E-state index in [0.717, 1.165) is 25.3 Å². The number of piperidine rings is 2. The van der Waals surface area contributed by atoms with Crippen LogP contribution in [-0.4, -0.2) is 55.1 Å². The van der Waals surface area contributed by atoms with Crippen molar-refractivity contribution in [1.29, 1.82) is 0 Å². The van der Waals surface area contributed by atoms with E-state index in [1.165, 1.54) is 32.1 Å². The Kier molecular flexibility index (Phi) is 3.87. The van der Waals surface area contributed by atoms with Gasteiger partial charge in [0, 0.05) is 18.1 Å². The lowest BCUT2D eigenvalue weighted by Crippen LogP contribution is -2.58. The van der Waals surface area contributed by atoms with Crippen LogP contribution in [-0.2, 0) is 9.47 Å². The van der Waals surface area contributed by atoms with Crippen LogP contribution in [0.3, 0.4) is 0 Å². The third-order valence-electron chi connectivity index (χ3n) is 5.08. The smallest absolute Gasteiger partial charge is 0.162 e. The second kappa shape index (κ2) is 5.32. The SMILES string of the molecule is CN1C2CCCC1CC(NC1COC(C)(C)OC1)C2. The predicted octanol–water partition coefficient (Wildman–Crippen LogP) is 1.74. The predicted molar refractivity (Wildman–Crippen MR) is 75.1 cm³/mol. The van der Waals surface area contributed by atoms with Crippen molar-refractivity contribution in [2.24, 2.45) is 0 Å². The molecule has 0 aromatic rings. The minimum atomic E-state index is -0.401. The molecule has 3 aliphatic heterocycles. The summed E-state index contributed by atoms with van der Waals surface area (Å²) in [5.74, 6) is -0.401. The molecule has 0 amide bonds. The summed E-state index contributed by atoms with van der Waals surface area (Å²) in [4.78, 5) is 2.61. The number of hydrogen-bond acceptors (Lipinski definition) is 4. The molecule has 0 radical (unpaired) electrons. The van der Waals surface area contributed by atoms with Gasteiger partial charge in [0.15, 0.2) is 5.79 Å². The fourth-order valence-electron chi connectivity index (χ4n) is 3.87. The monoisotopic (exact) mass is 268 g/mol. The van der Waals surface area contributed by atoms with Crippen LogP contribution in [0.2, 0.25) is 0 Å². The number of ether oxygens (including phenoxy) is 2. The number of rotatable bonds is 2. The van der Waals surface area contributed by atoms with Gasteiger partial charge in [-0.05, 0) is 46.6 Å². The normalized spacial score (nSPS) is 40.3. The molecular weight excluding hydrogens is 240 g/mol. The zero-order chi connectivity index (χ0) is 13.5. The molecule has 0 aromatic carbocycles. The van der Waals surface area contributed by atoms with Gasteiger partial charge in [-0.2, -0.15) is 0 Å². The van der Waals surface area contributed by atoms with E-state index in [4.69, 9.17) is 9.47 Å². The topological polar surface area (TPSA) is 33.7 Å². The molecule has 3 saturated heterocycles. The summed E-state index contributed by atoms with van der Waals surface area (Å²) in [6.07, 6.45) is 6.72. The van der Waals surface area contributed by atoms with Gasteiger partial charge in [0.2, 0.25) is 0 Å². The summed E-state index contributed by atoms with van der Waals surface area (Å²) >= 11 is 0. The highest BCUT2D eigenvalue weighted by Gasteiger charge is 2.37. The summed E-state index contributed by atoms with van der Waals surface area (Å²) < 4.78 is 11.5. The van der Waals surface area contributed by atoms with Crippen molar-refractivity contribution in [3.8, 4) is 0 Å². The van der Waals surface area contributed by atoms with Crippen molar-refractivity contribution in [2.75, 3.05) is 20.3 Å². The number of nitrogens with one attached hydrogen (secondary N) is 1. The van der Waals surface area contributed by atoms with E-state index in [0.29, 0.717) is 12.1 Å². The second-order valence-corrected chi connectivity index (χ2v) is 6.96. The molecule has 1 N–H and O–H groups in total. The lowest BCUT2D eigenvalue weighted by Gasteiger charge is -2.48. The zero-order valence-corrected chi connectivity index (χ0v) is 12.5. The molecular formula is C15H28N2O2. The van der Waals surface area contributed by atoms with E-state index < -0.39 is 5.79 Å². The molecule has 3 aliphatic rings. The molecule has 0 aliphatic carbocycles. The molecule has 0 aromatic heterocycles. The van der Waals surface area contributed by atoms with Crippen LogP contribution in [0.5, 0.6) is 0 Å². The highest BCUT2D eigenvalue weighted by atomic mass is 16.7. The van der Waals surface area contributed by atoms with Gasteiger partial charge in [0.1, 0.15) is 0 Å². The summed E-state index contributed by atoms with van der Waals surface area (Å²) in [5.41, 5.74) is 0. The third kappa shape index (κ3) is 3.13. The highest BCUT2D eigenvalue weighted by molar-refractivity contribution is 4.94. The first kappa shape index (κ1) is 13.8. The maximum Gasteiger partial charge on any atom is 0.162 e. The van der Waals surface area contributed by atoms with E-state index in [1.54, 1.807) is 0 Å². The number of nitrogens with zero attached hydrogens (tertiary/aromatic N) is 1. The Bertz CT molecular complexity index is 297. The van der Waals surface area contributed by atoms with Gasteiger partial charge in [-0.3, -0.25) is 0 Å². The van der Waals surface area contributed by atoms with Crippen LogP contribution < -0.4 is 5.32 Å². The van der Waals surface area contributed by atoms with Crippen LogP contribution >= 0.6 is 0 Å². The first-order valence-corrected chi connectivity index (χ1v) is 7.79. The van der Waals surface area contributed by atoms with E-state index in [1.807, 2.05) is 13.8 Å². The lowest BCUT2D eigenvalue weighted by atomic mass is 9.82. The van der Waals surface area contributed by atoms with Crippen molar-refractivity contribution >= 4 is 0 Å². The van der Waals surface area contributed by atoms with Crippen LogP contribution in [0.15, 0.2) is 0 Å². The molecule has 110 valence electrons. The van der Waals surface area contributed by atoms with Gasteiger partial charge in [-0.25, -0.2) is 0 Å². The summed E-state index contributed by atoms with van der Waals surface area (Å²) in [6, 6.07) is 2.57. The molecule has 19 heavy (non-hydrogen) atoms. The summed E-state index contributed by atoms with van der Waals surface area (Å²) in [7, 11) is 2.31. The van der Waals surface area contributed by atoms with Gasteiger partial charge in [-0.1, -0.05) is 6.42 Å². The Morgan fingerprint density at radius 3 is 2.16 bits per heavy atom. The Labute approximate surface area is 116 Å². The molecule has 4 nitrogen and oxygen atoms in total. The van der Waals surface area contributed by atoms with Crippen LogP contribution in [0.4, 0.5) is 0 Å². The Balaban J connectivity index is 1.51. The number of fused-ring (bicyclic) bond motifs is 2. The largest absolute Gasteiger partial charge is 0.349 e. The van der Waals surface area contributed by atoms with E-state index in [-0.39, 0.29) is 0 Å². The fraction of sp³-hybridized carbons (Fsp3) is 1.00. The first-order valence-electron chi connectivity index (χ1n) is 7.79. The van der Waals surface area contributed by atoms with E-state index >= 15 is 0 Å². The zero-order valence-electron chi connectivity index (χ0n) is 12.5. The molecule has 2 bridgehead atoms.